The van der Waals surface area contributed by atoms with Gasteiger partial charge in [-0.15, -0.1) is 0 Å². The lowest BCUT2D eigenvalue weighted by Crippen LogP contribution is -2.29. The molecule has 1 saturated heterocycles. The molecule has 0 N–H and O–H groups in total. The Kier molecular flexibility index (Phi) is 5.94. The summed E-state index contributed by atoms with van der Waals surface area (Å²) >= 11 is 0. The van der Waals surface area contributed by atoms with Crippen molar-refractivity contribution in [1.82, 2.24) is 9.80 Å². The van der Waals surface area contributed by atoms with Crippen LogP contribution >= 0.6 is 0 Å². The maximum atomic E-state index is 9.08. The van der Waals surface area contributed by atoms with E-state index in [1.807, 2.05) is 0 Å². The summed E-state index contributed by atoms with van der Waals surface area (Å²) in [5.41, 5.74) is 0. The first-order valence-electron chi connectivity index (χ1n) is 6.79. The third-order valence-corrected chi connectivity index (χ3v) is 3.89. The molecule has 0 saturated carbocycles. The summed E-state index contributed by atoms with van der Waals surface area (Å²) in [7, 11) is 4.35. The maximum absolute atomic E-state index is 9.08. The lowest BCUT2D eigenvalue weighted by molar-refractivity contribution is 0.252. The van der Waals surface area contributed by atoms with Crippen molar-refractivity contribution in [2.45, 2.75) is 26.7 Å². The minimum absolute atomic E-state index is 0.172. The molecule has 0 aromatic rings. The van der Waals surface area contributed by atoms with Crippen LogP contribution < -0.4 is 0 Å². The van der Waals surface area contributed by atoms with Crippen LogP contribution in [0.5, 0.6) is 0 Å². The molecular formula is C14H27N3. The van der Waals surface area contributed by atoms with Crippen molar-refractivity contribution in [3.05, 3.63) is 0 Å². The molecule has 0 aromatic carbocycles. The summed E-state index contributed by atoms with van der Waals surface area (Å²) in [6, 6.07) is 2.42. The average Bonchev–Trinajstić information content (AvgIpc) is 2.68. The summed E-state index contributed by atoms with van der Waals surface area (Å²) in [5, 5.41) is 9.08. The van der Waals surface area contributed by atoms with Gasteiger partial charge in [-0.1, -0.05) is 13.8 Å². The Labute approximate surface area is 106 Å². The number of hydrogen-bond donors (Lipinski definition) is 0. The number of nitriles is 1. The second kappa shape index (κ2) is 6.98. The fourth-order valence-electron chi connectivity index (χ4n) is 2.49. The third kappa shape index (κ3) is 5.06. The minimum Gasteiger partial charge on any atom is -0.306 e. The molecule has 0 radical (unpaired) electrons. The van der Waals surface area contributed by atoms with Gasteiger partial charge in [0.05, 0.1) is 12.0 Å². The van der Waals surface area contributed by atoms with Gasteiger partial charge in [0, 0.05) is 13.1 Å². The topological polar surface area (TPSA) is 30.3 Å². The van der Waals surface area contributed by atoms with E-state index in [-0.39, 0.29) is 5.92 Å². The highest BCUT2D eigenvalue weighted by Gasteiger charge is 2.20. The predicted octanol–water partition coefficient (Wildman–Crippen LogP) is 2.06. The molecule has 0 aliphatic carbocycles. The molecule has 0 bridgehead atoms. The highest BCUT2D eigenvalue weighted by molar-refractivity contribution is 4.87. The number of nitrogens with zero attached hydrogens (tertiary/aromatic N) is 3. The first kappa shape index (κ1) is 14.5. The molecular weight excluding hydrogens is 210 g/mol. The van der Waals surface area contributed by atoms with Gasteiger partial charge in [0.2, 0.25) is 0 Å². The van der Waals surface area contributed by atoms with Gasteiger partial charge < -0.3 is 9.80 Å². The van der Waals surface area contributed by atoms with Crippen LogP contribution in [0.4, 0.5) is 0 Å². The van der Waals surface area contributed by atoms with E-state index in [0.717, 1.165) is 19.0 Å². The van der Waals surface area contributed by atoms with E-state index in [4.69, 9.17) is 5.26 Å². The second-order valence-corrected chi connectivity index (χ2v) is 5.95. The Morgan fingerprint density at radius 3 is 2.65 bits per heavy atom. The summed E-state index contributed by atoms with van der Waals surface area (Å²) in [5.74, 6) is 1.49. The average molecular weight is 237 g/mol. The minimum atomic E-state index is 0.172. The molecule has 1 aliphatic rings. The molecule has 2 atom stereocenters. The van der Waals surface area contributed by atoms with Gasteiger partial charge >= 0.3 is 0 Å². The zero-order valence-electron chi connectivity index (χ0n) is 11.8. The van der Waals surface area contributed by atoms with Crippen molar-refractivity contribution in [2.75, 3.05) is 40.3 Å². The maximum Gasteiger partial charge on any atom is 0.0671 e. The van der Waals surface area contributed by atoms with Gasteiger partial charge in [0.1, 0.15) is 0 Å². The lowest BCUT2D eigenvalue weighted by Gasteiger charge is -2.23. The highest BCUT2D eigenvalue weighted by Crippen LogP contribution is 2.18. The van der Waals surface area contributed by atoms with Crippen molar-refractivity contribution < 1.29 is 0 Å². The lowest BCUT2D eigenvalue weighted by atomic mass is 9.96. The van der Waals surface area contributed by atoms with Gasteiger partial charge in [0.15, 0.2) is 0 Å². The first-order chi connectivity index (χ1) is 8.02. The van der Waals surface area contributed by atoms with E-state index in [1.165, 1.54) is 25.9 Å². The smallest absolute Gasteiger partial charge is 0.0671 e. The van der Waals surface area contributed by atoms with Gasteiger partial charge in [-0.25, -0.2) is 0 Å². The molecule has 3 nitrogen and oxygen atoms in total. The molecule has 98 valence electrons. The quantitative estimate of drug-likeness (QED) is 0.708. The Bertz CT molecular complexity index is 257. The Hall–Kier alpha value is -0.590. The molecule has 2 unspecified atom stereocenters. The van der Waals surface area contributed by atoms with Crippen molar-refractivity contribution >= 4 is 0 Å². The monoisotopic (exact) mass is 237 g/mol. The molecule has 3 heteroatoms. The highest BCUT2D eigenvalue weighted by atomic mass is 15.1. The van der Waals surface area contributed by atoms with Crippen LogP contribution in [0, 0.1) is 29.1 Å². The largest absolute Gasteiger partial charge is 0.306 e. The van der Waals surface area contributed by atoms with Crippen LogP contribution in [0.25, 0.3) is 0 Å². The van der Waals surface area contributed by atoms with Crippen LogP contribution in [0.15, 0.2) is 0 Å². The summed E-state index contributed by atoms with van der Waals surface area (Å²) in [6.45, 7) is 8.81. The van der Waals surface area contributed by atoms with Gasteiger partial charge in [-0.05, 0) is 51.9 Å². The van der Waals surface area contributed by atoms with Crippen molar-refractivity contribution in [1.29, 1.82) is 5.26 Å². The van der Waals surface area contributed by atoms with Gasteiger partial charge in [0.25, 0.3) is 0 Å². The number of likely N-dealkylation sites (tertiary alicyclic amines) is 1. The molecule has 0 aromatic heterocycles. The summed E-state index contributed by atoms with van der Waals surface area (Å²) < 4.78 is 0. The third-order valence-electron chi connectivity index (χ3n) is 3.89. The zero-order valence-corrected chi connectivity index (χ0v) is 11.8. The van der Waals surface area contributed by atoms with Crippen molar-refractivity contribution in [3.8, 4) is 6.07 Å². The van der Waals surface area contributed by atoms with Crippen LogP contribution in [0.3, 0.4) is 0 Å². The molecule has 0 amide bonds. The summed E-state index contributed by atoms with van der Waals surface area (Å²) in [6.07, 6.45) is 2.62. The Morgan fingerprint density at radius 1 is 1.47 bits per heavy atom. The van der Waals surface area contributed by atoms with Crippen LogP contribution in [0.1, 0.15) is 26.7 Å². The first-order valence-corrected chi connectivity index (χ1v) is 6.79. The van der Waals surface area contributed by atoms with Crippen LogP contribution in [-0.2, 0) is 0 Å². The van der Waals surface area contributed by atoms with Crippen LogP contribution in [0.2, 0.25) is 0 Å². The molecule has 1 heterocycles. The van der Waals surface area contributed by atoms with E-state index < -0.39 is 0 Å². The van der Waals surface area contributed by atoms with E-state index in [1.54, 1.807) is 0 Å². The van der Waals surface area contributed by atoms with Crippen molar-refractivity contribution in [2.24, 2.45) is 17.8 Å². The standard InChI is InChI=1S/C14H27N3/c1-12(2)14(9-15)11-17(4)8-6-13-5-7-16(3)10-13/h12-14H,5-8,10-11H2,1-4H3. The molecule has 1 rings (SSSR count). The number of hydrogen-bond acceptors (Lipinski definition) is 3. The summed E-state index contributed by atoms with van der Waals surface area (Å²) in [4.78, 5) is 4.74. The SMILES string of the molecule is CC(C)C(C#N)CN(C)CCC1CCN(C)C1. The normalized spacial score (nSPS) is 23.2. The van der Waals surface area contributed by atoms with Crippen molar-refractivity contribution in [3.63, 3.8) is 0 Å². The van der Waals surface area contributed by atoms with Gasteiger partial charge in [-0.3, -0.25) is 0 Å². The van der Waals surface area contributed by atoms with E-state index in [0.29, 0.717) is 5.92 Å². The second-order valence-electron chi connectivity index (χ2n) is 5.95. The Morgan fingerprint density at radius 2 is 2.18 bits per heavy atom. The zero-order chi connectivity index (χ0) is 12.8. The fourth-order valence-corrected chi connectivity index (χ4v) is 2.49. The molecule has 1 aliphatic heterocycles. The molecule has 1 fully saturated rings. The molecule has 0 spiro atoms. The van der Waals surface area contributed by atoms with E-state index in [9.17, 15) is 0 Å². The Balaban J connectivity index is 2.21. The van der Waals surface area contributed by atoms with Gasteiger partial charge in [-0.2, -0.15) is 5.26 Å². The number of rotatable bonds is 6. The molecule has 17 heavy (non-hydrogen) atoms. The fraction of sp³-hybridized carbons (Fsp3) is 0.929. The predicted molar refractivity (Wildman–Crippen MR) is 71.7 cm³/mol. The van der Waals surface area contributed by atoms with E-state index >= 15 is 0 Å². The van der Waals surface area contributed by atoms with E-state index in [2.05, 4.69) is 43.8 Å². The van der Waals surface area contributed by atoms with Crippen LogP contribution in [-0.4, -0.2) is 50.1 Å².